The van der Waals surface area contributed by atoms with Gasteiger partial charge in [-0.05, 0) is 46.2 Å². The van der Waals surface area contributed by atoms with E-state index in [1.165, 1.54) is 5.56 Å². The molecule has 0 radical (unpaired) electrons. The SMILES string of the molecule is COc1cc(C(=O)NCc2cccc(CN3CCN(C)CC3)c2)cc(OC)c1Br. The van der Waals surface area contributed by atoms with Crippen LogP contribution in [0.5, 0.6) is 11.5 Å². The van der Waals surface area contributed by atoms with E-state index in [0.29, 0.717) is 28.1 Å². The molecule has 0 atom stereocenters. The molecule has 6 nitrogen and oxygen atoms in total. The van der Waals surface area contributed by atoms with Crippen LogP contribution in [0.2, 0.25) is 0 Å². The van der Waals surface area contributed by atoms with E-state index in [0.717, 1.165) is 38.3 Å². The van der Waals surface area contributed by atoms with Crippen LogP contribution in [-0.2, 0) is 13.1 Å². The largest absolute Gasteiger partial charge is 0.495 e. The third-order valence-electron chi connectivity index (χ3n) is 5.15. The third-order valence-corrected chi connectivity index (χ3v) is 5.94. The zero-order valence-corrected chi connectivity index (χ0v) is 18.8. The number of nitrogens with one attached hydrogen (secondary N) is 1. The maximum absolute atomic E-state index is 12.6. The number of hydrogen-bond donors (Lipinski definition) is 1. The Hall–Kier alpha value is -2.09. The highest BCUT2D eigenvalue weighted by Crippen LogP contribution is 2.35. The standard InChI is InChI=1S/C22H28BrN3O3/c1-25-7-9-26(10-8-25)15-17-6-4-5-16(11-17)14-24-22(27)18-12-19(28-2)21(23)20(13-18)29-3/h4-6,11-13H,7-10,14-15H2,1-3H3,(H,24,27). The van der Waals surface area contributed by atoms with Crippen LogP contribution in [0.25, 0.3) is 0 Å². The van der Waals surface area contributed by atoms with Crippen molar-refractivity contribution in [3.8, 4) is 11.5 Å². The first kappa shape index (κ1) is 21.6. The number of methoxy groups -OCH3 is 2. The Morgan fingerprint density at radius 3 is 2.28 bits per heavy atom. The lowest BCUT2D eigenvalue weighted by atomic mass is 10.1. The molecule has 156 valence electrons. The summed E-state index contributed by atoms with van der Waals surface area (Å²) < 4.78 is 11.3. The molecule has 0 saturated carbocycles. The van der Waals surface area contributed by atoms with Crippen molar-refractivity contribution in [2.75, 3.05) is 47.4 Å². The second-order valence-electron chi connectivity index (χ2n) is 7.28. The smallest absolute Gasteiger partial charge is 0.251 e. The van der Waals surface area contributed by atoms with E-state index in [1.807, 2.05) is 6.07 Å². The van der Waals surface area contributed by atoms with Crippen molar-refractivity contribution in [1.29, 1.82) is 0 Å². The van der Waals surface area contributed by atoms with E-state index in [1.54, 1.807) is 26.4 Å². The van der Waals surface area contributed by atoms with E-state index in [9.17, 15) is 4.79 Å². The first-order valence-corrected chi connectivity index (χ1v) is 10.5. The number of halogens is 1. The summed E-state index contributed by atoms with van der Waals surface area (Å²) in [5.41, 5.74) is 2.85. The van der Waals surface area contributed by atoms with Gasteiger partial charge in [-0.2, -0.15) is 0 Å². The summed E-state index contributed by atoms with van der Waals surface area (Å²) in [7, 11) is 5.29. The number of carbonyl (C=O) groups excluding carboxylic acids is 1. The summed E-state index contributed by atoms with van der Waals surface area (Å²) in [6, 6.07) is 11.8. The number of hydrogen-bond acceptors (Lipinski definition) is 5. The van der Waals surface area contributed by atoms with E-state index < -0.39 is 0 Å². The van der Waals surface area contributed by atoms with Gasteiger partial charge in [0.15, 0.2) is 0 Å². The fraction of sp³-hybridized carbons (Fsp3) is 0.409. The van der Waals surface area contributed by atoms with Gasteiger partial charge in [-0.15, -0.1) is 0 Å². The van der Waals surface area contributed by atoms with Crippen molar-refractivity contribution in [2.45, 2.75) is 13.1 Å². The highest BCUT2D eigenvalue weighted by atomic mass is 79.9. The molecular weight excluding hydrogens is 434 g/mol. The summed E-state index contributed by atoms with van der Waals surface area (Å²) in [5, 5.41) is 2.99. The Morgan fingerprint density at radius 1 is 1.03 bits per heavy atom. The molecule has 0 spiro atoms. The Labute approximate surface area is 180 Å². The number of ether oxygens (including phenoxy) is 2. The monoisotopic (exact) mass is 461 g/mol. The summed E-state index contributed by atoms with van der Waals surface area (Å²) in [4.78, 5) is 17.5. The molecule has 1 fully saturated rings. The van der Waals surface area contributed by atoms with Gasteiger partial charge in [0.1, 0.15) is 16.0 Å². The van der Waals surface area contributed by atoms with Crippen LogP contribution >= 0.6 is 15.9 Å². The molecule has 1 amide bonds. The Kier molecular flexibility index (Phi) is 7.52. The van der Waals surface area contributed by atoms with E-state index in [4.69, 9.17) is 9.47 Å². The van der Waals surface area contributed by atoms with Crippen LogP contribution in [0.15, 0.2) is 40.9 Å². The minimum atomic E-state index is -0.168. The second-order valence-corrected chi connectivity index (χ2v) is 8.07. The minimum Gasteiger partial charge on any atom is -0.495 e. The van der Waals surface area contributed by atoms with Crippen LogP contribution in [0.3, 0.4) is 0 Å². The van der Waals surface area contributed by atoms with Crippen LogP contribution < -0.4 is 14.8 Å². The third kappa shape index (κ3) is 5.72. The molecule has 29 heavy (non-hydrogen) atoms. The lowest BCUT2D eigenvalue weighted by Crippen LogP contribution is -2.43. The lowest BCUT2D eigenvalue weighted by Gasteiger charge is -2.32. The van der Waals surface area contributed by atoms with Crippen molar-refractivity contribution in [3.05, 3.63) is 57.6 Å². The van der Waals surface area contributed by atoms with Crippen LogP contribution in [0, 0.1) is 0 Å². The van der Waals surface area contributed by atoms with Gasteiger partial charge >= 0.3 is 0 Å². The van der Waals surface area contributed by atoms with E-state index in [-0.39, 0.29) is 5.91 Å². The number of benzene rings is 2. The number of rotatable bonds is 7. The Balaban J connectivity index is 1.62. The van der Waals surface area contributed by atoms with Crippen molar-refractivity contribution < 1.29 is 14.3 Å². The van der Waals surface area contributed by atoms with Gasteiger partial charge in [0, 0.05) is 44.8 Å². The van der Waals surface area contributed by atoms with Crippen molar-refractivity contribution in [3.63, 3.8) is 0 Å². The van der Waals surface area contributed by atoms with Crippen molar-refractivity contribution in [1.82, 2.24) is 15.1 Å². The van der Waals surface area contributed by atoms with Crippen LogP contribution in [0.1, 0.15) is 21.5 Å². The molecular formula is C22H28BrN3O3. The summed E-state index contributed by atoms with van der Waals surface area (Å²) in [6.07, 6.45) is 0. The highest BCUT2D eigenvalue weighted by Gasteiger charge is 2.16. The molecule has 1 aliphatic heterocycles. The van der Waals surface area contributed by atoms with Gasteiger partial charge in [0.2, 0.25) is 0 Å². The summed E-state index contributed by atoms with van der Waals surface area (Å²) in [5.74, 6) is 0.950. The molecule has 0 aliphatic carbocycles. The number of nitrogens with zero attached hydrogens (tertiary/aromatic N) is 2. The Morgan fingerprint density at radius 2 is 1.66 bits per heavy atom. The average Bonchev–Trinajstić information content (AvgIpc) is 2.74. The normalized spacial score (nSPS) is 15.2. The number of carbonyl (C=O) groups is 1. The van der Waals surface area contributed by atoms with Gasteiger partial charge in [-0.1, -0.05) is 24.3 Å². The predicted molar refractivity (Wildman–Crippen MR) is 118 cm³/mol. The minimum absolute atomic E-state index is 0.168. The molecule has 7 heteroatoms. The van der Waals surface area contributed by atoms with Crippen LogP contribution in [-0.4, -0.2) is 63.2 Å². The van der Waals surface area contributed by atoms with Gasteiger partial charge < -0.3 is 19.7 Å². The molecule has 1 heterocycles. The van der Waals surface area contributed by atoms with Gasteiger partial charge in [0.05, 0.1) is 14.2 Å². The zero-order valence-electron chi connectivity index (χ0n) is 17.2. The summed E-state index contributed by atoms with van der Waals surface area (Å²) >= 11 is 3.42. The van der Waals surface area contributed by atoms with E-state index >= 15 is 0 Å². The van der Waals surface area contributed by atoms with Crippen LogP contribution in [0.4, 0.5) is 0 Å². The molecule has 1 N–H and O–H groups in total. The van der Waals surface area contributed by atoms with Crippen molar-refractivity contribution in [2.24, 2.45) is 0 Å². The molecule has 3 rings (SSSR count). The number of amides is 1. The van der Waals surface area contributed by atoms with E-state index in [2.05, 4.69) is 56.3 Å². The topological polar surface area (TPSA) is 54.0 Å². The maximum Gasteiger partial charge on any atom is 0.251 e. The zero-order chi connectivity index (χ0) is 20.8. The molecule has 1 aliphatic rings. The predicted octanol–water partition coefficient (Wildman–Crippen LogP) is 3.14. The highest BCUT2D eigenvalue weighted by molar-refractivity contribution is 9.10. The average molecular weight is 462 g/mol. The Bertz CT molecular complexity index is 826. The van der Waals surface area contributed by atoms with Gasteiger partial charge in [0.25, 0.3) is 5.91 Å². The molecule has 2 aromatic rings. The fourth-order valence-electron chi connectivity index (χ4n) is 3.39. The van der Waals surface area contributed by atoms with Gasteiger partial charge in [-0.25, -0.2) is 0 Å². The fourth-order valence-corrected chi connectivity index (χ4v) is 3.94. The first-order valence-electron chi connectivity index (χ1n) is 9.68. The maximum atomic E-state index is 12.6. The van der Waals surface area contributed by atoms with Crippen molar-refractivity contribution >= 4 is 21.8 Å². The molecule has 0 unspecified atom stereocenters. The molecule has 1 saturated heterocycles. The van der Waals surface area contributed by atoms with Gasteiger partial charge in [-0.3, -0.25) is 9.69 Å². The number of piperazine rings is 1. The lowest BCUT2D eigenvalue weighted by molar-refractivity contribution is 0.0950. The second kappa shape index (κ2) is 10.1. The molecule has 0 bridgehead atoms. The quantitative estimate of drug-likeness (QED) is 0.686. The molecule has 2 aromatic carbocycles. The summed E-state index contributed by atoms with van der Waals surface area (Å²) in [6.45, 7) is 5.80. The number of likely N-dealkylation sites (N-methyl/N-ethyl adjacent to an activating group) is 1. The first-order chi connectivity index (χ1) is 14.0. The molecule has 0 aromatic heterocycles.